The van der Waals surface area contributed by atoms with E-state index in [1.165, 1.54) is 23.9 Å². The zero-order valence-corrected chi connectivity index (χ0v) is 17.9. The van der Waals surface area contributed by atoms with E-state index < -0.39 is 11.7 Å². The molecule has 0 spiro atoms. The lowest BCUT2D eigenvalue weighted by Gasteiger charge is -2.11. The molecular formula is C25H24F3N3O. The molecule has 0 aliphatic rings. The van der Waals surface area contributed by atoms with Gasteiger partial charge in [-0.2, -0.15) is 13.2 Å². The third-order valence-electron chi connectivity index (χ3n) is 4.70. The number of aryl methyl sites for hydroxylation is 1. The number of allylic oxidation sites excluding steroid dienone is 1. The lowest BCUT2D eigenvalue weighted by molar-refractivity contribution is -0.137. The third kappa shape index (κ3) is 6.51. The van der Waals surface area contributed by atoms with Crippen LogP contribution in [0.4, 0.5) is 19.0 Å². The number of benzene rings is 2. The fourth-order valence-corrected chi connectivity index (χ4v) is 3.14. The van der Waals surface area contributed by atoms with Gasteiger partial charge in [0.25, 0.3) is 0 Å². The molecule has 0 unspecified atom stereocenters. The van der Waals surface area contributed by atoms with Gasteiger partial charge in [-0.1, -0.05) is 48.0 Å². The summed E-state index contributed by atoms with van der Waals surface area (Å²) in [6.45, 7) is 3.77. The van der Waals surface area contributed by atoms with E-state index >= 15 is 0 Å². The molecule has 0 radical (unpaired) electrons. The fraction of sp³-hybridized carbons (Fsp3) is 0.240. The maximum atomic E-state index is 12.8. The third-order valence-corrected chi connectivity index (χ3v) is 4.70. The van der Waals surface area contributed by atoms with Gasteiger partial charge in [0.05, 0.1) is 17.5 Å². The molecule has 166 valence electrons. The van der Waals surface area contributed by atoms with Crippen LogP contribution < -0.4 is 5.32 Å². The molecule has 0 atom stereocenters. The van der Waals surface area contributed by atoms with Crippen LogP contribution in [0.2, 0.25) is 0 Å². The number of nitrogens with one attached hydrogen (secondary N) is 1. The summed E-state index contributed by atoms with van der Waals surface area (Å²) < 4.78 is 38.4. The van der Waals surface area contributed by atoms with Gasteiger partial charge in [-0.3, -0.25) is 4.79 Å². The molecule has 2 aromatic carbocycles. The second-order valence-electron chi connectivity index (χ2n) is 7.67. The van der Waals surface area contributed by atoms with Gasteiger partial charge in [-0.25, -0.2) is 9.97 Å². The van der Waals surface area contributed by atoms with Crippen LogP contribution in [0.15, 0.2) is 66.4 Å². The lowest BCUT2D eigenvalue weighted by Crippen LogP contribution is -2.14. The Morgan fingerprint density at radius 1 is 1.03 bits per heavy atom. The van der Waals surface area contributed by atoms with Crippen molar-refractivity contribution in [2.24, 2.45) is 0 Å². The smallest absolute Gasteiger partial charge is 0.309 e. The average molecular weight is 439 g/mol. The Hall–Kier alpha value is -3.48. The van der Waals surface area contributed by atoms with Crippen molar-refractivity contribution in [1.82, 2.24) is 9.97 Å². The maximum Gasteiger partial charge on any atom is 0.416 e. The number of hydrogen-bond acceptors (Lipinski definition) is 3. The van der Waals surface area contributed by atoms with Crippen LogP contribution in [-0.2, 0) is 17.4 Å². The van der Waals surface area contributed by atoms with Gasteiger partial charge in [0.15, 0.2) is 5.82 Å². The van der Waals surface area contributed by atoms with E-state index in [2.05, 4.69) is 15.3 Å². The summed E-state index contributed by atoms with van der Waals surface area (Å²) in [6.07, 6.45) is 0.667. The molecule has 0 fully saturated rings. The Morgan fingerprint density at radius 3 is 2.34 bits per heavy atom. The first-order chi connectivity index (χ1) is 15.2. The Morgan fingerprint density at radius 2 is 1.72 bits per heavy atom. The molecule has 0 aliphatic carbocycles. The summed E-state index contributed by atoms with van der Waals surface area (Å²) >= 11 is 0. The molecule has 3 aromatic rings. The SMILES string of the molecule is CC(C)=Cc1nc(-c2ccc(C(F)(F)F)cc2)cnc1NC(=O)CCCc1ccccc1. The predicted molar refractivity (Wildman–Crippen MR) is 120 cm³/mol. The van der Waals surface area contributed by atoms with Crippen molar-refractivity contribution in [3.05, 3.63) is 83.2 Å². The molecule has 0 saturated heterocycles. The van der Waals surface area contributed by atoms with Crippen LogP contribution >= 0.6 is 0 Å². The van der Waals surface area contributed by atoms with Gasteiger partial charge < -0.3 is 5.32 Å². The zero-order chi connectivity index (χ0) is 23.1. The number of anilines is 1. The van der Waals surface area contributed by atoms with E-state index in [0.717, 1.165) is 24.1 Å². The van der Waals surface area contributed by atoms with E-state index in [1.807, 2.05) is 44.2 Å². The topological polar surface area (TPSA) is 54.9 Å². The van der Waals surface area contributed by atoms with E-state index in [9.17, 15) is 18.0 Å². The van der Waals surface area contributed by atoms with E-state index in [1.54, 1.807) is 6.08 Å². The van der Waals surface area contributed by atoms with Crippen LogP contribution in [0.1, 0.15) is 43.5 Å². The molecule has 1 N–H and O–H groups in total. The quantitative estimate of drug-likeness (QED) is 0.454. The van der Waals surface area contributed by atoms with Gasteiger partial charge >= 0.3 is 6.18 Å². The number of hydrogen-bond donors (Lipinski definition) is 1. The molecule has 1 aromatic heterocycles. The van der Waals surface area contributed by atoms with Crippen molar-refractivity contribution < 1.29 is 18.0 Å². The average Bonchev–Trinajstić information content (AvgIpc) is 2.75. The number of amides is 1. The number of rotatable bonds is 7. The Balaban J connectivity index is 1.73. The molecular weight excluding hydrogens is 415 g/mol. The second-order valence-corrected chi connectivity index (χ2v) is 7.67. The fourth-order valence-electron chi connectivity index (χ4n) is 3.14. The van der Waals surface area contributed by atoms with Crippen LogP contribution in [0, 0.1) is 0 Å². The Kier molecular flexibility index (Phi) is 7.41. The molecule has 7 heteroatoms. The molecule has 3 rings (SSSR count). The highest BCUT2D eigenvalue weighted by molar-refractivity contribution is 5.91. The summed E-state index contributed by atoms with van der Waals surface area (Å²) in [7, 11) is 0. The monoisotopic (exact) mass is 439 g/mol. The zero-order valence-electron chi connectivity index (χ0n) is 17.9. The molecule has 4 nitrogen and oxygen atoms in total. The molecule has 1 heterocycles. The molecule has 1 amide bonds. The van der Waals surface area contributed by atoms with E-state index in [0.29, 0.717) is 35.6 Å². The van der Waals surface area contributed by atoms with E-state index in [4.69, 9.17) is 0 Å². The predicted octanol–water partition coefficient (Wildman–Crippen LogP) is 6.55. The van der Waals surface area contributed by atoms with Gasteiger partial charge in [-0.05, 0) is 50.5 Å². The summed E-state index contributed by atoms with van der Waals surface area (Å²) in [5, 5.41) is 2.80. The molecule has 32 heavy (non-hydrogen) atoms. The number of nitrogens with zero attached hydrogens (tertiary/aromatic N) is 2. The van der Waals surface area contributed by atoms with Gasteiger partial charge in [-0.15, -0.1) is 0 Å². The minimum atomic E-state index is -4.40. The van der Waals surface area contributed by atoms with Crippen LogP contribution in [0.3, 0.4) is 0 Å². The number of alkyl halides is 3. The van der Waals surface area contributed by atoms with Crippen molar-refractivity contribution in [2.45, 2.75) is 39.3 Å². The highest BCUT2D eigenvalue weighted by Crippen LogP contribution is 2.31. The second kappa shape index (κ2) is 10.2. The lowest BCUT2D eigenvalue weighted by atomic mass is 10.1. The Bertz CT molecular complexity index is 1090. The molecule has 0 saturated carbocycles. The molecule has 0 bridgehead atoms. The van der Waals surface area contributed by atoms with Crippen molar-refractivity contribution in [2.75, 3.05) is 5.32 Å². The van der Waals surface area contributed by atoms with E-state index in [-0.39, 0.29) is 5.91 Å². The van der Waals surface area contributed by atoms with Crippen molar-refractivity contribution in [3.8, 4) is 11.3 Å². The first-order valence-corrected chi connectivity index (χ1v) is 10.3. The van der Waals surface area contributed by atoms with Crippen LogP contribution in [-0.4, -0.2) is 15.9 Å². The minimum Gasteiger partial charge on any atom is -0.309 e. The van der Waals surface area contributed by atoms with Crippen LogP contribution in [0.25, 0.3) is 17.3 Å². The first kappa shape index (κ1) is 23.2. The highest BCUT2D eigenvalue weighted by atomic mass is 19.4. The summed E-state index contributed by atoms with van der Waals surface area (Å²) in [5.41, 5.74) is 2.79. The standard InChI is InChI=1S/C25H24F3N3O/c1-17(2)15-21-24(31-23(32)10-6-9-18-7-4-3-5-8-18)29-16-22(30-21)19-11-13-20(14-12-19)25(26,27)28/h3-5,7-8,11-16H,6,9-10H2,1-2H3,(H,29,31,32). The number of halogens is 3. The Labute approximate surface area is 185 Å². The number of carbonyl (C=O) groups is 1. The number of aromatic nitrogens is 2. The normalized spacial score (nSPS) is 11.2. The van der Waals surface area contributed by atoms with Gasteiger partial charge in [0.1, 0.15) is 5.69 Å². The first-order valence-electron chi connectivity index (χ1n) is 10.3. The molecule has 0 aliphatic heterocycles. The van der Waals surface area contributed by atoms with Crippen LogP contribution in [0.5, 0.6) is 0 Å². The van der Waals surface area contributed by atoms with Gasteiger partial charge in [0.2, 0.25) is 5.91 Å². The number of carbonyl (C=O) groups excluding carboxylic acids is 1. The van der Waals surface area contributed by atoms with Crippen molar-refractivity contribution in [3.63, 3.8) is 0 Å². The van der Waals surface area contributed by atoms with Crippen molar-refractivity contribution in [1.29, 1.82) is 0 Å². The maximum absolute atomic E-state index is 12.8. The van der Waals surface area contributed by atoms with Gasteiger partial charge in [0, 0.05) is 12.0 Å². The largest absolute Gasteiger partial charge is 0.416 e. The minimum absolute atomic E-state index is 0.166. The summed E-state index contributed by atoms with van der Waals surface area (Å²) in [6, 6.07) is 14.7. The summed E-state index contributed by atoms with van der Waals surface area (Å²) in [5.74, 6) is 0.160. The van der Waals surface area contributed by atoms with Crippen molar-refractivity contribution >= 4 is 17.8 Å². The highest BCUT2D eigenvalue weighted by Gasteiger charge is 2.30. The summed E-state index contributed by atoms with van der Waals surface area (Å²) in [4.78, 5) is 21.3.